The van der Waals surface area contributed by atoms with Crippen molar-refractivity contribution in [3.8, 4) is 0 Å². The van der Waals surface area contributed by atoms with Gasteiger partial charge in [0.15, 0.2) is 0 Å². The quantitative estimate of drug-likeness (QED) is 0.838. The standard InChI is InChI=1S/C17H22N2O2/c1-13-5-7-14(8-6-13)19-15(9-10-16(19)20)17(21)18-11-3-2-4-12-18/h5-8,15H,2-4,9-12H2,1H3. The van der Waals surface area contributed by atoms with Crippen molar-refractivity contribution in [1.29, 1.82) is 0 Å². The van der Waals surface area contributed by atoms with Crippen LogP contribution in [0.15, 0.2) is 24.3 Å². The maximum Gasteiger partial charge on any atom is 0.245 e. The Hall–Kier alpha value is -1.84. The number of hydrogen-bond acceptors (Lipinski definition) is 2. The lowest BCUT2D eigenvalue weighted by Gasteiger charge is -2.32. The van der Waals surface area contributed by atoms with E-state index in [4.69, 9.17) is 0 Å². The van der Waals surface area contributed by atoms with Gasteiger partial charge in [0.25, 0.3) is 0 Å². The van der Waals surface area contributed by atoms with E-state index in [0.717, 1.165) is 37.2 Å². The third-order valence-corrected chi connectivity index (χ3v) is 4.48. The lowest BCUT2D eigenvalue weighted by Crippen LogP contribution is -2.48. The monoisotopic (exact) mass is 286 g/mol. The topological polar surface area (TPSA) is 40.6 Å². The van der Waals surface area contributed by atoms with E-state index in [1.54, 1.807) is 4.90 Å². The smallest absolute Gasteiger partial charge is 0.245 e. The molecule has 1 aromatic carbocycles. The van der Waals surface area contributed by atoms with Gasteiger partial charge in [-0.25, -0.2) is 0 Å². The maximum atomic E-state index is 12.7. The Labute approximate surface area is 125 Å². The summed E-state index contributed by atoms with van der Waals surface area (Å²) in [4.78, 5) is 28.6. The van der Waals surface area contributed by atoms with Crippen LogP contribution in [0, 0.1) is 6.92 Å². The van der Waals surface area contributed by atoms with Crippen LogP contribution in [0.2, 0.25) is 0 Å². The van der Waals surface area contributed by atoms with Gasteiger partial charge in [-0.05, 0) is 44.7 Å². The number of nitrogens with zero attached hydrogens (tertiary/aromatic N) is 2. The average molecular weight is 286 g/mol. The van der Waals surface area contributed by atoms with Crippen LogP contribution < -0.4 is 4.90 Å². The summed E-state index contributed by atoms with van der Waals surface area (Å²) in [5.74, 6) is 0.190. The fourth-order valence-corrected chi connectivity index (χ4v) is 3.27. The molecule has 2 saturated heterocycles. The molecule has 4 heteroatoms. The first kappa shape index (κ1) is 14.1. The van der Waals surface area contributed by atoms with Gasteiger partial charge in [-0.1, -0.05) is 17.7 Å². The molecular weight excluding hydrogens is 264 g/mol. The average Bonchev–Trinajstić information content (AvgIpc) is 2.90. The van der Waals surface area contributed by atoms with E-state index in [1.165, 1.54) is 6.42 Å². The van der Waals surface area contributed by atoms with E-state index in [2.05, 4.69) is 0 Å². The van der Waals surface area contributed by atoms with Gasteiger partial charge in [-0.3, -0.25) is 14.5 Å². The molecule has 0 saturated carbocycles. The van der Waals surface area contributed by atoms with Crippen molar-refractivity contribution in [3.63, 3.8) is 0 Å². The molecule has 0 aliphatic carbocycles. The van der Waals surface area contributed by atoms with E-state index < -0.39 is 0 Å². The van der Waals surface area contributed by atoms with Gasteiger partial charge in [0.1, 0.15) is 6.04 Å². The number of piperidine rings is 1. The maximum absolute atomic E-state index is 12.7. The molecule has 0 radical (unpaired) electrons. The molecule has 0 bridgehead atoms. The lowest BCUT2D eigenvalue weighted by atomic mass is 10.1. The van der Waals surface area contributed by atoms with E-state index in [1.807, 2.05) is 36.1 Å². The van der Waals surface area contributed by atoms with Crippen molar-refractivity contribution in [3.05, 3.63) is 29.8 Å². The van der Waals surface area contributed by atoms with Crippen molar-refractivity contribution < 1.29 is 9.59 Å². The van der Waals surface area contributed by atoms with Crippen molar-refractivity contribution >= 4 is 17.5 Å². The third kappa shape index (κ3) is 2.80. The number of carbonyl (C=O) groups is 2. The first-order valence-corrected chi connectivity index (χ1v) is 7.84. The summed E-state index contributed by atoms with van der Waals surface area (Å²) in [6, 6.07) is 7.55. The number of aryl methyl sites for hydroxylation is 1. The molecule has 0 aromatic heterocycles. The van der Waals surface area contributed by atoms with Gasteiger partial charge in [0, 0.05) is 25.2 Å². The minimum atomic E-state index is -0.307. The van der Waals surface area contributed by atoms with Crippen LogP contribution in [-0.2, 0) is 9.59 Å². The molecule has 2 amide bonds. The highest BCUT2D eigenvalue weighted by molar-refractivity contribution is 6.03. The van der Waals surface area contributed by atoms with E-state index in [0.29, 0.717) is 12.8 Å². The molecule has 3 rings (SSSR count). The molecule has 1 unspecified atom stereocenters. The molecule has 4 nitrogen and oxygen atoms in total. The molecule has 112 valence electrons. The van der Waals surface area contributed by atoms with Crippen LogP contribution >= 0.6 is 0 Å². The Morgan fingerprint density at radius 1 is 1.10 bits per heavy atom. The van der Waals surface area contributed by atoms with Gasteiger partial charge in [-0.15, -0.1) is 0 Å². The SMILES string of the molecule is Cc1ccc(N2C(=O)CCC2C(=O)N2CCCCC2)cc1. The Balaban J connectivity index is 1.81. The molecule has 0 N–H and O–H groups in total. The van der Waals surface area contributed by atoms with Crippen molar-refractivity contribution in [2.45, 2.75) is 45.1 Å². The Bertz CT molecular complexity index is 532. The van der Waals surface area contributed by atoms with E-state index in [9.17, 15) is 9.59 Å². The number of likely N-dealkylation sites (tertiary alicyclic amines) is 1. The first-order valence-electron chi connectivity index (χ1n) is 7.84. The fraction of sp³-hybridized carbons (Fsp3) is 0.529. The molecule has 0 spiro atoms. The molecule has 2 aliphatic rings. The van der Waals surface area contributed by atoms with Crippen molar-refractivity contribution in [2.75, 3.05) is 18.0 Å². The van der Waals surface area contributed by atoms with E-state index >= 15 is 0 Å². The third-order valence-electron chi connectivity index (χ3n) is 4.48. The summed E-state index contributed by atoms with van der Waals surface area (Å²) in [5, 5.41) is 0. The molecular formula is C17H22N2O2. The number of anilines is 1. The molecule has 1 aromatic rings. The highest BCUT2D eigenvalue weighted by Gasteiger charge is 2.39. The van der Waals surface area contributed by atoms with Crippen LogP contribution in [0.4, 0.5) is 5.69 Å². The van der Waals surface area contributed by atoms with Gasteiger partial charge < -0.3 is 4.90 Å². The molecule has 2 heterocycles. The summed E-state index contributed by atoms with van der Waals surface area (Å²) >= 11 is 0. The number of benzene rings is 1. The number of hydrogen-bond donors (Lipinski definition) is 0. The van der Waals surface area contributed by atoms with Crippen molar-refractivity contribution in [2.24, 2.45) is 0 Å². The first-order chi connectivity index (χ1) is 10.2. The molecule has 2 aliphatic heterocycles. The van der Waals surface area contributed by atoms with Crippen LogP contribution in [0.1, 0.15) is 37.7 Å². The molecule has 21 heavy (non-hydrogen) atoms. The summed E-state index contributed by atoms with van der Waals surface area (Å²) in [6.07, 6.45) is 4.48. The fourth-order valence-electron chi connectivity index (χ4n) is 3.27. The van der Waals surface area contributed by atoms with Crippen LogP contribution in [0.3, 0.4) is 0 Å². The Morgan fingerprint density at radius 3 is 2.43 bits per heavy atom. The van der Waals surface area contributed by atoms with Crippen LogP contribution in [-0.4, -0.2) is 35.8 Å². The Morgan fingerprint density at radius 2 is 1.76 bits per heavy atom. The van der Waals surface area contributed by atoms with Crippen LogP contribution in [0.5, 0.6) is 0 Å². The second-order valence-corrected chi connectivity index (χ2v) is 6.04. The molecule has 1 atom stereocenters. The Kier molecular flexibility index (Phi) is 3.95. The van der Waals surface area contributed by atoms with Gasteiger partial charge in [0.2, 0.25) is 11.8 Å². The molecule has 2 fully saturated rings. The number of amides is 2. The van der Waals surface area contributed by atoms with Crippen molar-refractivity contribution in [1.82, 2.24) is 4.90 Å². The highest BCUT2D eigenvalue weighted by atomic mass is 16.2. The predicted molar refractivity (Wildman–Crippen MR) is 82.1 cm³/mol. The van der Waals surface area contributed by atoms with Gasteiger partial charge in [-0.2, -0.15) is 0 Å². The minimum absolute atomic E-state index is 0.0641. The van der Waals surface area contributed by atoms with Gasteiger partial charge in [0.05, 0.1) is 0 Å². The van der Waals surface area contributed by atoms with Crippen LogP contribution in [0.25, 0.3) is 0 Å². The summed E-state index contributed by atoms with van der Waals surface area (Å²) in [7, 11) is 0. The predicted octanol–water partition coefficient (Wildman–Crippen LogP) is 2.50. The van der Waals surface area contributed by atoms with Gasteiger partial charge >= 0.3 is 0 Å². The second kappa shape index (κ2) is 5.88. The number of rotatable bonds is 2. The summed E-state index contributed by atoms with van der Waals surface area (Å²) in [5.41, 5.74) is 2.00. The normalized spacial score (nSPS) is 22.7. The zero-order chi connectivity index (χ0) is 14.8. The summed E-state index contributed by atoms with van der Waals surface area (Å²) < 4.78 is 0. The minimum Gasteiger partial charge on any atom is -0.341 e. The zero-order valence-electron chi connectivity index (χ0n) is 12.5. The van der Waals surface area contributed by atoms with E-state index in [-0.39, 0.29) is 17.9 Å². The zero-order valence-corrected chi connectivity index (χ0v) is 12.5. The lowest BCUT2D eigenvalue weighted by molar-refractivity contribution is -0.134. The second-order valence-electron chi connectivity index (χ2n) is 6.04. The highest BCUT2D eigenvalue weighted by Crippen LogP contribution is 2.28. The largest absolute Gasteiger partial charge is 0.341 e. The summed E-state index contributed by atoms with van der Waals surface area (Å²) in [6.45, 7) is 3.70. The number of carbonyl (C=O) groups excluding carboxylic acids is 2.